The van der Waals surface area contributed by atoms with E-state index < -0.39 is 5.97 Å². The fourth-order valence-corrected chi connectivity index (χ4v) is 3.97. The van der Waals surface area contributed by atoms with Gasteiger partial charge in [0.05, 0.1) is 12.5 Å². The molecule has 0 unspecified atom stereocenters. The Labute approximate surface area is 180 Å². The molecule has 0 saturated carbocycles. The SMILES string of the molecule is N#CCCn1cc(/C=C/C(=O)OCC(=O)N2CCCc3ccccc32)c2ccccc21. The average Bonchev–Trinajstić information content (AvgIpc) is 3.17. The van der Waals surface area contributed by atoms with Crippen LogP contribution in [-0.4, -0.2) is 29.6 Å². The van der Waals surface area contributed by atoms with Gasteiger partial charge in [-0.2, -0.15) is 5.26 Å². The summed E-state index contributed by atoms with van der Waals surface area (Å²) in [6.07, 6.45) is 7.20. The fourth-order valence-electron chi connectivity index (χ4n) is 3.97. The summed E-state index contributed by atoms with van der Waals surface area (Å²) in [7, 11) is 0. The molecule has 0 fully saturated rings. The molecule has 6 nitrogen and oxygen atoms in total. The van der Waals surface area contributed by atoms with E-state index in [2.05, 4.69) is 6.07 Å². The molecule has 1 aliphatic heterocycles. The molecule has 0 bridgehead atoms. The number of amides is 1. The molecule has 31 heavy (non-hydrogen) atoms. The minimum atomic E-state index is -0.562. The van der Waals surface area contributed by atoms with Crippen LogP contribution in [0.15, 0.2) is 60.8 Å². The third-order valence-electron chi connectivity index (χ3n) is 5.43. The Morgan fingerprint density at radius 2 is 1.94 bits per heavy atom. The van der Waals surface area contributed by atoms with Gasteiger partial charge in [0, 0.05) is 47.5 Å². The van der Waals surface area contributed by atoms with Crippen LogP contribution in [0.3, 0.4) is 0 Å². The molecule has 2 heterocycles. The van der Waals surface area contributed by atoms with Crippen LogP contribution < -0.4 is 4.90 Å². The summed E-state index contributed by atoms with van der Waals surface area (Å²) >= 11 is 0. The maximum absolute atomic E-state index is 12.6. The van der Waals surface area contributed by atoms with Crippen molar-refractivity contribution in [2.45, 2.75) is 25.8 Å². The Balaban J connectivity index is 1.41. The van der Waals surface area contributed by atoms with Crippen LogP contribution in [0.2, 0.25) is 0 Å². The van der Waals surface area contributed by atoms with Crippen molar-refractivity contribution in [2.24, 2.45) is 0 Å². The van der Waals surface area contributed by atoms with E-state index in [0.29, 0.717) is 19.5 Å². The van der Waals surface area contributed by atoms with Gasteiger partial charge in [0.25, 0.3) is 5.91 Å². The second kappa shape index (κ2) is 9.31. The first-order chi connectivity index (χ1) is 15.2. The molecule has 3 aromatic rings. The van der Waals surface area contributed by atoms with Crippen molar-refractivity contribution >= 4 is 34.5 Å². The highest BCUT2D eigenvalue weighted by Crippen LogP contribution is 2.27. The second-order valence-electron chi connectivity index (χ2n) is 7.42. The number of anilines is 1. The number of aryl methyl sites for hydroxylation is 2. The number of para-hydroxylation sites is 2. The fraction of sp³-hybridized carbons (Fsp3) is 0.240. The Morgan fingerprint density at radius 1 is 1.13 bits per heavy atom. The van der Waals surface area contributed by atoms with Gasteiger partial charge in [-0.05, 0) is 36.6 Å². The lowest BCUT2D eigenvalue weighted by atomic mass is 10.0. The third kappa shape index (κ3) is 4.51. The number of benzene rings is 2. The molecule has 1 aromatic heterocycles. The number of carbonyl (C=O) groups is 2. The highest BCUT2D eigenvalue weighted by Gasteiger charge is 2.22. The zero-order chi connectivity index (χ0) is 21.6. The van der Waals surface area contributed by atoms with Gasteiger partial charge in [0.1, 0.15) is 0 Å². The maximum Gasteiger partial charge on any atom is 0.331 e. The van der Waals surface area contributed by atoms with Crippen LogP contribution in [0.5, 0.6) is 0 Å². The standard InChI is InChI=1S/C25H23N3O3/c26-14-6-15-27-17-20(21-9-2-4-11-23(21)27)12-13-25(30)31-18-24(29)28-16-5-8-19-7-1-3-10-22(19)28/h1-4,7,9-13,17H,5-6,8,15-16,18H2/b13-12+. The van der Waals surface area contributed by atoms with Crippen LogP contribution in [0.1, 0.15) is 24.0 Å². The Hall–Kier alpha value is -3.85. The van der Waals surface area contributed by atoms with Gasteiger partial charge >= 0.3 is 5.97 Å². The Morgan fingerprint density at radius 3 is 2.81 bits per heavy atom. The number of rotatable bonds is 6. The van der Waals surface area contributed by atoms with E-state index in [1.165, 1.54) is 6.08 Å². The minimum Gasteiger partial charge on any atom is -0.452 e. The summed E-state index contributed by atoms with van der Waals surface area (Å²) < 4.78 is 7.21. The van der Waals surface area contributed by atoms with Crippen molar-refractivity contribution in [2.75, 3.05) is 18.1 Å². The number of hydrogen-bond donors (Lipinski definition) is 0. The second-order valence-corrected chi connectivity index (χ2v) is 7.42. The first kappa shape index (κ1) is 20.4. The first-order valence-electron chi connectivity index (χ1n) is 10.4. The van der Waals surface area contributed by atoms with Gasteiger partial charge in [0.15, 0.2) is 6.61 Å². The minimum absolute atomic E-state index is 0.220. The smallest absolute Gasteiger partial charge is 0.331 e. The van der Waals surface area contributed by atoms with E-state index in [1.807, 2.05) is 59.3 Å². The first-order valence-corrected chi connectivity index (χ1v) is 10.4. The van der Waals surface area contributed by atoms with E-state index in [4.69, 9.17) is 10.00 Å². The van der Waals surface area contributed by atoms with Gasteiger partial charge < -0.3 is 14.2 Å². The topological polar surface area (TPSA) is 75.3 Å². The highest BCUT2D eigenvalue weighted by atomic mass is 16.5. The van der Waals surface area contributed by atoms with Gasteiger partial charge in [-0.15, -0.1) is 0 Å². The number of nitrogens with zero attached hydrogens (tertiary/aromatic N) is 3. The summed E-state index contributed by atoms with van der Waals surface area (Å²) in [5.41, 5.74) is 3.91. The molecule has 4 rings (SSSR count). The molecule has 0 N–H and O–H groups in total. The molecule has 156 valence electrons. The van der Waals surface area contributed by atoms with Gasteiger partial charge in [-0.1, -0.05) is 36.4 Å². The van der Waals surface area contributed by atoms with E-state index >= 15 is 0 Å². The van der Waals surface area contributed by atoms with E-state index in [1.54, 1.807) is 11.0 Å². The number of fused-ring (bicyclic) bond motifs is 2. The van der Waals surface area contributed by atoms with Gasteiger partial charge in [0.2, 0.25) is 0 Å². The summed E-state index contributed by atoms with van der Waals surface area (Å²) in [5, 5.41) is 9.86. The lowest BCUT2D eigenvalue weighted by Crippen LogP contribution is -2.38. The molecule has 2 aromatic carbocycles. The predicted octanol–water partition coefficient (Wildman–Crippen LogP) is 4.09. The van der Waals surface area contributed by atoms with Crippen LogP contribution in [-0.2, 0) is 27.3 Å². The number of carbonyl (C=O) groups excluding carboxylic acids is 2. The molecular weight excluding hydrogens is 390 g/mol. The summed E-state index contributed by atoms with van der Waals surface area (Å²) in [6, 6.07) is 17.8. The third-order valence-corrected chi connectivity index (χ3v) is 5.43. The lowest BCUT2D eigenvalue weighted by molar-refractivity contribution is -0.142. The number of hydrogen-bond acceptors (Lipinski definition) is 4. The quantitative estimate of drug-likeness (QED) is 0.451. The van der Waals surface area contributed by atoms with Crippen LogP contribution in [0.25, 0.3) is 17.0 Å². The van der Waals surface area contributed by atoms with Crippen molar-refractivity contribution in [1.29, 1.82) is 5.26 Å². The van der Waals surface area contributed by atoms with Gasteiger partial charge in [-0.25, -0.2) is 4.79 Å². The van der Waals surface area contributed by atoms with Crippen molar-refractivity contribution in [1.82, 2.24) is 4.57 Å². The number of aromatic nitrogens is 1. The monoisotopic (exact) mass is 413 g/mol. The van der Waals surface area contributed by atoms with Gasteiger partial charge in [-0.3, -0.25) is 4.79 Å². The molecule has 6 heteroatoms. The van der Waals surface area contributed by atoms with E-state index in [-0.39, 0.29) is 12.5 Å². The molecule has 1 amide bonds. The number of esters is 1. The maximum atomic E-state index is 12.6. The van der Waals surface area contributed by atoms with Crippen molar-refractivity contribution in [3.63, 3.8) is 0 Å². The number of nitriles is 1. The van der Waals surface area contributed by atoms with E-state index in [9.17, 15) is 9.59 Å². The molecule has 0 spiro atoms. The normalized spacial score (nSPS) is 13.2. The molecule has 0 saturated heterocycles. The van der Waals surface area contributed by atoms with Crippen molar-refractivity contribution in [3.8, 4) is 6.07 Å². The molecular formula is C25H23N3O3. The summed E-state index contributed by atoms with van der Waals surface area (Å²) in [4.78, 5) is 26.5. The van der Waals surface area contributed by atoms with Crippen LogP contribution in [0, 0.1) is 11.3 Å². The highest BCUT2D eigenvalue weighted by molar-refractivity contribution is 5.98. The number of ether oxygens (including phenoxy) is 1. The Kier molecular flexibility index (Phi) is 6.13. The largest absolute Gasteiger partial charge is 0.452 e. The molecule has 0 atom stereocenters. The molecule has 1 aliphatic rings. The van der Waals surface area contributed by atoms with Crippen molar-refractivity contribution in [3.05, 3.63) is 71.9 Å². The molecule has 0 aliphatic carbocycles. The summed E-state index contributed by atoms with van der Waals surface area (Å²) in [6.45, 7) is 0.925. The lowest BCUT2D eigenvalue weighted by Gasteiger charge is -2.29. The Bertz CT molecular complexity index is 1190. The van der Waals surface area contributed by atoms with Crippen molar-refractivity contribution < 1.29 is 14.3 Å². The summed E-state index contributed by atoms with van der Waals surface area (Å²) in [5.74, 6) is -0.783. The average molecular weight is 413 g/mol. The van der Waals surface area contributed by atoms with Crippen LogP contribution in [0.4, 0.5) is 5.69 Å². The molecule has 0 radical (unpaired) electrons. The zero-order valence-electron chi connectivity index (χ0n) is 17.2. The predicted molar refractivity (Wildman–Crippen MR) is 119 cm³/mol. The van der Waals surface area contributed by atoms with Crippen LogP contribution >= 0.6 is 0 Å². The zero-order valence-corrected chi connectivity index (χ0v) is 17.2. The van der Waals surface area contributed by atoms with E-state index in [0.717, 1.165) is 40.6 Å².